The highest BCUT2D eigenvalue weighted by Gasteiger charge is 2.42. The fourth-order valence-corrected chi connectivity index (χ4v) is 9.67. The third kappa shape index (κ3) is 25.9. The number of hydrogen-bond donors (Lipinski definition) is 0. The average Bonchev–Trinajstić information content (AvgIpc) is 3.45. The van der Waals surface area contributed by atoms with Gasteiger partial charge in [0.05, 0.1) is 0 Å². The van der Waals surface area contributed by atoms with Crippen LogP contribution in [0, 0.1) is 34.5 Å². The first-order chi connectivity index (χ1) is 28.0. The van der Waals surface area contributed by atoms with Crippen molar-refractivity contribution in [3.05, 3.63) is 59.7 Å². The average molecular weight is 894 g/mol. The predicted molar refractivity (Wildman–Crippen MR) is 278 cm³/mol. The van der Waals surface area contributed by atoms with Gasteiger partial charge in [0.25, 0.3) is 0 Å². The van der Waals surface area contributed by atoms with Crippen LogP contribution < -0.4 is 0 Å². The van der Waals surface area contributed by atoms with E-state index >= 15 is 0 Å². The minimum atomic E-state index is -2.67. The second-order valence-electron chi connectivity index (χ2n) is 20.2. The summed E-state index contributed by atoms with van der Waals surface area (Å²) in [6, 6.07) is 17.8. The largest absolute Gasteiger partial charge is 0.260 e. The number of hydrogen-bond acceptors (Lipinski definition) is 4. The van der Waals surface area contributed by atoms with Crippen LogP contribution >= 0.6 is 11.8 Å². The normalized spacial score (nSPS) is 21.5. The number of benzene rings is 2. The Hall–Kier alpha value is -1.11. The van der Waals surface area contributed by atoms with Crippen LogP contribution in [0.5, 0.6) is 0 Å². The Labute approximate surface area is 383 Å². The second kappa shape index (κ2) is 32.5. The number of fused-ring (bicyclic) bond motifs is 3. The first kappa shape index (κ1) is 61.0. The first-order valence-electron chi connectivity index (χ1n) is 24.0. The van der Waals surface area contributed by atoms with E-state index in [1.165, 1.54) is 117 Å². The van der Waals surface area contributed by atoms with Crippen LogP contribution in [0.1, 0.15) is 203 Å². The maximum absolute atomic E-state index is 9.63. The van der Waals surface area contributed by atoms with Crippen LogP contribution in [-0.2, 0) is 26.1 Å². The standard InChI is InChI=1S/C17H18.C10H16.C10H20.C5H12.2C3H8.C2H6O2S.C2H6OS.C2H6S/c1-3-17(4-2)15-11-7-5-9-13(15)14-10-6-8-12-16(14)17;1-7-2-9-4-8(1)5-10(3-7)6-9;1-3-10(4-2)8-6-5-7-9-10;1-5(2,3)4;2*1-3-2;1-5(2,3)4;1-4(2)3;1-3-2/h5-12H,3-4H2,1-2H3;7-10H,1-6H2;3-9H2,1-2H3;1-4H3;2*3H2,1-2H3;1-2H3;1-2H3;1-2H3. The highest BCUT2D eigenvalue weighted by Crippen LogP contribution is 2.54. The Balaban J connectivity index is 0. The first-order valence-corrected chi connectivity index (χ1v) is 29.9. The van der Waals surface area contributed by atoms with Crippen LogP contribution in [-0.4, -0.2) is 50.2 Å². The van der Waals surface area contributed by atoms with Crippen molar-refractivity contribution in [2.75, 3.05) is 37.5 Å². The van der Waals surface area contributed by atoms with Gasteiger partial charge in [-0.05, 0) is 133 Å². The van der Waals surface area contributed by atoms with E-state index < -0.39 is 20.6 Å². The Morgan fingerprint density at radius 2 is 0.817 bits per heavy atom. The third-order valence-electron chi connectivity index (χ3n) is 11.8. The van der Waals surface area contributed by atoms with Crippen LogP contribution in [0.15, 0.2) is 48.5 Å². The smallest absolute Gasteiger partial charge is 0.144 e. The molecule has 0 heterocycles. The summed E-state index contributed by atoms with van der Waals surface area (Å²) in [4.78, 5) is 0. The Kier molecular flexibility index (Phi) is 33.1. The molecule has 0 atom stereocenters. The molecule has 0 radical (unpaired) electrons. The molecule has 0 amide bonds. The van der Waals surface area contributed by atoms with Gasteiger partial charge in [-0.1, -0.05) is 177 Å². The molecule has 2 aromatic rings. The van der Waals surface area contributed by atoms with Crippen LogP contribution in [0.3, 0.4) is 0 Å². The molecule has 8 rings (SSSR count). The molecule has 0 N–H and O–H groups in total. The van der Waals surface area contributed by atoms with E-state index in [0.717, 1.165) is 17.9 Å². The highest BCUT2D eigenvalue weighted by atomic mass is 32.2. The lowest BCUT2D eigenvalue weighted by molar-refractivity contribution is 0.0198. The van der Waals surface area contributed by atoms with E-state index in [4.69, 9.17) is 0 Å². The van der Waals surface area contributed by atoms with Gasteiger partial charge in [0, 0.05) is 41.2 Å². The molecule has 4 bridgehead atoms. The lowest BCUT2D eigenvalue weighted by atomic mass is 9.56. The van der Waals surface area contributed by atoms with Crippen molar-refractivity contribution >= 4 is 32.4 Å². The summed E-state index contributed by atoms with van der Waals surface area (Å²) in [5.41, 5.74) is 7.42. The summed E-state index contributed by atoms with van der Waals surface area (Å²) in [6.45, 7) is 26.6. The van der Waals surface area contributed by atoms with Gasteiger partial charge in [-0.25, -0.2) is 8.42 Å². The molecule has 6 aliphatic rings. The van der Waals surface area contributed by atoms with Crippen molar-refractivity contribution in [2.24, 2.45) is 34.5 Å². The quantitative estimate of drug-likeness (QED) is 0.307. The summed E-state index contributed by atoms with van der Waals surface area (Å²) in [6.07, 6.45) is 34.4. The highest BCUT2D eigenvalue weighted by molar-refractivity contribution is 7.97. The molecule has 5 saturated carbocycles. The monoisotopic (exact) mass is 893 g/mol. The molecule has 2 aromatic carbocycles. The molecule has 60 heavy (non-hydrogen) atoms. The van der Waals surface area contributed by atoms with Crippen molar-refractivity contribution in [3.63, 3.8) is 0 Å². The van der Waals surface area contributed by atoms with Gasteiger partial charge < -0.3 is 0 Å². The molecular formula is C54H100O3S3. The molecule has 0 unspecified atom stereocenters. The molecule has 6 aliphatic carbocycles. The Morgan fingerprint density at radius 3 is 1.02 bits per heavy atom. The van der Waals surface area contributed by atoms with Crippen molar-refractivity contribution in [1.29, 1.82) is 0 Å². The lowest BCUT2D eigenvalue weighted by Gasteiger charge is -2.49. The van der Waals surface area contributed by atoms with E-state index in [-0.39, 0.29) is 5.41 Å². The van der Waals surface area contributed by atoms with Crippen molar-refractivity contribution in [3.8, 4) is 11.1 Å². The number of rotatable bonds is 4. The van der Waals surface area contributed by atoms with Crippen molar-refractivity contribution < 1.29 is 12.6 Å². The van der Waals surface area contributed by atoms with Gasteiger partial charge in [0.1, 0.15) is 9.84 Å². The van der Waals surface area contributed by atoms with E-state index in [2.05, 4.69) is 132 Å². The van der Waals surface area contributed by atoms with Gasteiger partial charge in [-0.2, -0.15) is 11.8 Å². The molecule has 0 aromatic heterocycles. The van der Waals surface area contributed by atoms with Crippen LogP contribution in [0.25, 0.3) is 11.1 Å². The van der Waals surface area contributed by atoms with E-state index in [1.54, 1.807) is 62.8 Å². The van der Waals surface area contributed by atoms with E-state index in [1.807, 2.05) is 12.5 Å². The maximum atomic E-state index is 9.63. The SMILES string of the molecule is C1C2CC3CC1CC(C2)C3.CC(C)(C)C.CCC.CCC.CCC1(CC)CCCCC1.CCC1(CC)c2ccccc2-c2ccccc21.CS(C)(=O)=O.CS(C)=O.CSC. The molecule has 0 aliphatic heterocycles. The molecule has 352 valence electrons. The topological polar surface area (TPSA) is 51.2 Å². The van der Waals surface area contributed by atoms with Gasteiger partial charge in [0.15, 0.2) is 0 Å². The van der Waals surface area contributed by atoms with Crippen molar-refractivity contribution in [1.82, 2.24) is 0 Å². The lowest BCUT2D eigenvalue weighted by Crippen LogP contribution is -2.38. The summed E-state index contributed by atoms with van der Waals surface area (Å²) in [7, 11) is -3.28. The number of sulfone groups is 1. The zero-order chi connectivity index (χ0) is 46.6. The summed E-state index contributed by atoms with van der Waals surface area (Å²) in [5, 5.41) is 0. The Morgan fingerprint density at radius 1 is 0.583 bits per heavy atom. The van der Waals surface area contributed by atoms with Gasteiger partial charge in [-0.3, -0.25) is 4.21 Å². The van der Waals surface area contributed by atoms with Gasteiger partial charge in [0.2, 0.25) is 0 Å². The van der Waals surface area contributed by atoms with E-state index in [9.17, 15) is 12.6 Å². The molecule has 6 heteroatoms. The molecule has 5 fully saturated rings. The Bertz CT molecular complexity index is 1350. The molecule has 0 saturated heterocycles. The molecule has 0 spiro atoms. The third-order valence-corrected chi connectivity index (χ3v) is 11.8. The summed E-state index contributed by atoms with van der Waals surface area (Å²) < 4.78 is 28.8. The minimum absolute atomic E-state index is 0.243. The second-order valence-corrected chi connectivity index (χ2v) is 24.8. The zero-order valence-corrected chi connectivity index (χ0v) is 45.3. The van der Waals surface area contributed by atoms with Crippen LogP contribution in [0.4, 0.5) is 0 Å². The van der Waals surface area contributed by atoms with Crippen LogP contribution in [0.2, 0.25) is 0 Å². The fraction of sp³-hybridized carbons (Fsp3) is 0.778. The van der Waals surface area contributed by atoms with Crippen molar-refractivity contribution in [2.45, 2.75) is 198 Å². The van der Waals surface area contributed by atoms with Gasteiger partial charge >= 0.3 is 0 Å². The summed E-state index contributed by atoms with van der Waals surface area (Å²) in [5.74, 6) is 4.71. The predicted octanol–water partition coefficient (Wildman–Crippen LogP) is 16.9. The number of thioether (sulfide) groups is 1. The zero-order valence-electron chi connectivity index (χ0n) is 42.9. The molecule has 3 nitrogen and oxygen atoms in total. The minimum Gasteiger partial charge on any atom is -0.260 e. The molecular weight excluding hydrogens is 793 g/mol. The fourth-order valence-electron chi connectivity index (χ4n) is 9.67. The van der Waals surface area contributed by atoms with E-state index in [0.29, 0.717) is 5.41 Å². The van der Waals surface area contributed by atoms with Gasteiger partial charge in [-0.15, -0.1) is 0 Å². The summed E-state index contributed by atoms with van der Waals surface area (Å²) >= 11 is 1.75. The maximum Gasteiger partial charge on any atom is 0.144 e.